The molecule has 2 fully saturated rings. The molecule has 0 N–H and O–H groups in total. The number of rotatable bonds is 8. The Morgan fingerprint density at radius 3 is 2.47 bits per heavy atom. The lowest BCUT2D eigenvalue weighted by Crippen LogP contribution is -2.47. The van der Waals surface area contributed by atoms with E-state index in [1.807, 2.05) is 11.6 Å². The molecule has 0 amide bonds. The van der Waals surface area contributed by atoms with Gasteiger partial charge in [0.05, 0.1) is 11.9 Å². The van der Waals surface area contributed by atoms with Gasteiger partial charge in [0.25, 0.3) is 0 Å². The largest absolute Gasteiger partial charge is 0.354 e. The zero-order valence-electron chi connectivity index (χ0n) is 21.6. The second kappa shape index (κ2) is 11.4. The molecule has 1 aliphatic heterocycles. The van der Waals surface area contributed by atoms with E-state index in [0.717, 1.165) is 78.9 Å². The Hall–Kier alpha value is -2.30. The van der Waals surface area contributed by atoms with Gasteiger partial charge < -0.3 is 9.47 Å². The first kappa shape index (κ1) is 26.8. The molecule has 0 radical (unpaired) electrons. The Morgan fingerprint density at radius 1 is 1.03 bits per heavy atom. The number of hydrogen-bond donors (Lipinski definition) is 0. The van der Waals surface area contributed by atoms with E-state index in [-0.39, 0.29) is 17.8 Å². The summed E-state index contributed by atoms with van der Waals surface area (Å²) in [6, 6.07) is 2.22. The van der Waals surface area contributed by atoms with Crippen LogP contribution in [0, 0.1) is 0 Å². The third-order valence-electron chi connectivity index (χ3n) is 6.61. The van der Waals surface area contributed by atoms with E-state index in [1.165, 1.54) is 12.8 Å². The average molecular weight is 530 g/mol. The van der Waals surface area contributed by atoms with Crippen LogP contribution in [-0.2, 0) is 12.5 Å². The van der Waals surface area contributed by atoms with E-state index in [2.05, 4.69) is 56.8 Å². The monoisotopic (exact) mass is 529 g/mol. The fourth-order valence-corrected chi connectivity index (χ4v) is 5.09. The first-order chi connectivity index (χ1) is 16.9. The fraction of sp³-hybridized carbons (Fsp3) is 0.600. The van der Waals surface area contributed by atoms with E-state index in [0.29, 0.717) is 5.92 Å². The molecule has 1 saturated carbocycles. The molecule has 5 rings (SSSR count). The normalized spacial score (nSPS) is 16.7. The summed E-state index contributed by atoms with van der Waals surface area (Å²) in [6.45, 7) is 12.0. The minimum Gasteiger partial charge on any atom is -0.354 e. The maximum absolute atomic E-state index is 4.97. The molecule has 2 aliphatic rings. The molecule has 3 aromatic heterocycles. The lowest BCUT2D eigenvalue weighted by atomic mass is 9.91. The molecule has 9 nitrogen and oxygen atoms in total. The van der Waals surface area contributed by atoms with Crippen molar-refractivity contribution in [3.8, 4) is 11.5 Å². The van der Waals surface area contributed by atoms with Crippen LogP contribution in [0.15, 0.2) is 29.8 Å². The van der Waals surface area contributed by atoms with Gasteiger partial charge in [-0.05, 0) is 25.8 Å². The zero-order valence-corrected chi connectivity index (χ0v) is 23.2. The molecule has 1 aliphatic carbocycles. The van der Waals surface area contributed by atoms with Crippen molar-refractivity contribution in [1.29, 1.82) is 0 Å². The second-order valence-electron chi connectivity index (χ2n) is 10.5. The predicted octanol–water partition coefficient (Wildman–Crippen LogP) is 3.96. The third kappa shape index (κ3) is 6.33. The molecule has 11 heteroatoms. The lowest BCUT2D eigenvalue weighted by molar-refractivity contribution is 0.258. The van der Waals surface area contributed by atoms with E-state index in [4.69, 9.17) is 9.97 Å². The van der Waals surface area contributed by atoms with Crippen LogP contribution in [0.5, 0.6) is 0 Å². The van der Waals surface area contributed by atoms with Crippen LogP contribution in [0.3, 0.4) is 0 Å². The topological polar surface area (TPSA) is 88.8 Å². The van der Waals surface area contributed by atoms with Crippen LogP contribution < -0.4 is 4.90 Å². The molecular weight excluding hydrogens is 494 g/mol. The Kier molecular flexibility index (Phi) is 8.47. The number of halogens is 1. The van der Waals surface area contributed by atoms with Gasteiger partial charge in [0, 0.05) is 68.8 Å². The summed E-state index contributed by atoms with van der Waals surface area (Å²) in [6.07, 6.45) is 8.64. The Morgan fingerprint density at radius 2 is 1.81 bits per heavy atom. The summed E-state index contributed by atoms with van der Waals surface area (Å²) < 4.78 is 2.00. The highest BCUT2D eigenvalue weighted by Crippen LogP contribution is 2.39. The zero-order chi connectivity index (χ0) is 24.4. The molecule has 0 unspecified atom stereocenters. The van der Waals surface area contributed by atoms with Crippen LogP contribution in [0.1, 0.15) is 57.5 Å². The van der Waals surface area contributed by atoms with Gasteiger partial charge in [0.2, 0.25) is 0 Å². The average Bonchev–Trinajstić information content (AvgIpc) is 3.65. The van der Waals surface area contributed by atoms with Crippen molar-refractivity contribution in [2.24, 2.45) is 7.05 Å². The van der Waals surface area contributed by atoms with Crippen molar-refractivity contribution in [2.45, 2.75) is 56.5 Å². The van der Waals surface area contributed by atoms with E-state index in [1.54, 1.807) is 30.4 Å². The van der Waals surface area contributed by atoms with Gasteiger partial charge in [0.1, 0.15) is 17.3 Å². The maximum Gasteiger partial charge on any atom is 0.191 e. The van der Waals surface area contributed by atoms with Crippen molar-refractivity contribution in [3.63, 3.8) is 0 Å². The van der Waals surface area contributed by atoms with Crippen LogP contribution >= 0.6 is 24.2 Å². The number of nitrogens with zero attached hydrogens (tertiary/aromatic N) is 9. The van der Waals surface area contributed by atoms with Crippen LogP contribution in [0.4, 0.5) is 5.82 Å². The molecule has 3 aromatic rings. The lowest BCUT2D eigenvalue weighted by Gasteiger charge is -2.36. The standard InChI is InChI=1S/C25H35N9S.ClH/c1-25(2,3)20-16-21(29-22(28-20)18-6-7-18)34-13-11-33(12-14-34)10-5-15-35-24-31-30-23(32(24)4)19-17-26-8-9-27-19;/h8-9,16-18H,5-7,10-15H2,1-4H3;1H. The summed E-state index contributed by atoms with van der Waals surface area (Å²) >= 11 is 1.75. The second-order valence-corrected chi connectivity index (χ2v) is 11.5. The van der Waals surface area contributed by atoms with Crippen molar-refractivity contribution in [1.82, 2.24) is 39.6 Å². The first-order valence-corrected chi connectivity index (χ1v) is 13.5. The van der Waals surface area contributed by atoms with Crippen molar-refractivity contribution < 1.29 is 0 Å². The summed E-state index contributed by atoms with van der Waals surface area (Å²) in [5, 5.41) is 9.56. The number of piperazine rings is 1. The molecule has 36 heavy (non-hydrogen) atoms. The highest BCUT2D eigenvalue weighted by molar-refractivity contribution is 7.99. The molecule has 0 spiro atoms. The van der Waals surface area contributed by atoms with Crippen molar-refractivity contribution in [2.75, 3.05) is 43.4 Å². The molecule has 0 bridgehead atoms. The fourth-order valence-electron chi connectivity index (χ4n) is 4.25. The van der Waals surface area contributed by atoms with Gasteiger partial charge in [-0.2, -0.15) is 0 Å². The number of anilines is 1. The number of hydrogen-bond acceptors (Lipinski definition) is 9. The molecule has 1 saturated heterocycles. The van der Waals surface area contributed by atoms with Gasteiger partial charge in [0.15, 0.2) is 11.0 Å². The van der Waals surface area contributed by atoms with Crippen molar-refractivity contribution in [3.05, 3.63) is 36.2 Å². The summed E-state index contributed by atoms with van der Waals surface area (Å²) in [5.41, 5.74) is 1.95. The molecule has 0 atom stereocenters. The summed E-state index contributed by atoms with van der Waals surface area (Å²) in [4.78, 5) is 23.3. The SMILES string of the molecule is Cl.Cn1c(SCCCN2CCN(c3cc(C(C)(C)C)nc(C4CC4)n3)CC2)nnc1-c1cnccn1. The minimum absolute atomic E-state index is 0. The Labute approximate surface area is 224 Å². The van der Waals surface area contributed by atoms with Gasteiger partial charge in [-0.3, -0.25) is 9.88 Å². The quantitative estimate of drug-likeness (QED) is 0.317. The minimum atomic E-state index is 0. The van der Waals surface area contributed by atoms with Crippen LogP contribution in [-0.4, -0.2) is 78.1 Å². The molecule has 0 aromatic carbocycles. The van der Waals surface area contributed by atoms with E-state index >= 15 is 0 Å². The smallest absolute Gasteiger partial charge is 0.191 e. The Balaban J connectivity index is 0.00000304. The van der Waals surface area contributed by atoms with Gasteiger partial charge in [-0.15, -0.1) is 22.6 Å². The first-order valence-electron chi connectivity index (χ1n) is 12.5. The number of thioether (sulfide) groups is 1. The molecular formula is C25H36ClN9S. The molecule has 194 valence electrons. The third-order valence-corrected chi connectivity index (χ3v) is 7.72. The maximum atomic E-state index is 4.97. The van der Waals surface area contributed by atoms with E-state index < -0.39 is 0 Å². The van der Waals surface area contributed by atoms with Gasteiger partial charge >= 0.3 is 0 Å². The van der Waals surface area contributed by atoms with Crippen LogP contribution in [0.25, 0.3) is 11.5 Å². The molecule has 4 heterocycles. The highest BCUT2D eigenvalue weighted by atomic mass is 35.5. The van der Waals surface area contributed by atoms with Crippen LogP contribution in [0.2, 0.25) is 0 Å². The van der Waals surface area contributed by atoms with E-state index in [9.17, 15) is 0 Å². The van der Waals surface area contributed by atoms with Gasteiger partial charge in [-0.25, -0.2) is 15.0 Å². The van der Waals surface area contributed by atoms with Gasteiger partial charge in [-0.1, -0.05) is 32.5 Å². The predicted molar refractivity (Wildman–Crippen MR) is 146 cm³/mol. The summed E-state index contributed by atoms with van der Waals surface area (Å²) in [7, 11) is 1.98. The number of aromatic nitrogens is 7. The van der Waals surface area contributed by atoms with Crippen molar-refractivity contribution >= 4 is 30.0 Å². The summed E-state index contributed by atoms with van der Waals surface area (Å²) in [5.74, 6) is 4.50. The Bertz CT molecular complexity index is 1140. The highest BCUT2D eigenvalue weighted by Gasteiger charge is 2.30.